The van der Waals surface area contributed by atoms with E-state index in [1.165, 1.54) is 42.6 Å². The first-order valence-corrected chi connectivity index (χ1v) is 16.2. The van der Waals surface area contributed by atoms with Crippen LogP contribution in [0.15, 0.2) is 29.2 Å². The van der Waals surface area contributed by atoms with Crippen molar-refractivity contribution >= 4 is 44.3 Å². The summed E-state index contributed by atoms with van der Waals surface area (Å²) in [5.41, 5.74) is 1.53. The summed E-state index contributed by atoms with van der Waals surface area (Å²) >= 11 is 1.26. The highest BCUT2D eigenvalue weighted by atomic mass is 32.2. The minimum atomic E-state index is -3.71. The number of thiophene rings is 1. The maximum Gasteiger partial charge on any atom is 0.410 e. The molecule has 2 N–H and O–H groups in total. The van der Waals surface area contributed by atoms with Crippen molar-refractivity contribution in [3.8, 4) is 0 Å². The molecule has 3 aliphatic rings. The number of hydrogen-bond donors (Lipinski definition) is 2. The van der Waals surface area contributed by atoms with Gasteiger partial charge in [-0.05, 0) is 73.3 Å². The van der Waals surface area contributed by atoms with Crippen molar-refractivity contribution < 1.29 is 27.5 Å². The molecule has 1 aromatic heterocycles. The van der Waals surface area contributed by atoms with Gasteiger partial charge in [0.15, 0.2) is 0 Å². The summed E-state index contributed by atoms with van der Waals surface area (Å²) in [6, 6.07) is 5.95. The number of nitrogens with zero attached hydrogens (tertiary/aromatic N) is 2. The second kappa shape index (κ2) is 10.7. The van der Waals surface area contributed by atoms with Crippen molar-refractivity contribution in [3.63, 3.8) is 0 Å². The molecule has 2 aliphatic heterocycles. The SMILES string of the molecule is CCOC(=O)N1CCc2c(sc(NC(=O)c3ccc(S(=O)(=O)N4CC5(C)CC4CC(C)(C)C5)cc3)c2C(=O)NC)C1. The minimum Gasteiger partial charge on any atom is -0.450 e. The fraction of sp³-hybridized carbons (Fsp3) is 0.552. The van der Waals surface area contributed by atoms with Gasteiger partial charge in [-0.3, -0.25) is 9.59 Å². The van der Waals surface area contributed by atoms with Crippen LogP contribution < -0.4 is 10.6 Å². The van der Waals surface area contributed by atoms with E-state index in [2.05, 4.69) is 31.4 Å². The number of hydrogen-bond acceptors (Lipinski definition) is 7. The topological polar surface area (TPSA) is 125 Å². The van der Waals surface area contributed by atoms with Gasteiger partial charge in [-0.25, -0.2) is 13.2 Å². The van der Waals surface area contributed by atoms with E-state index < -0.39 is 22.0 Å². The number of benzene rings is 1. The van der Waals surface area contributed by atoms with Gasteiger partial charge in [0.2, 0.25) is 10.0 Å². The molecule has 2 unspecified atom stereocenters. The fourth-order valence-electron chi connectivity index (χ4n) is 7.01. The van der Waals surface area contributed by atoms with E-state index in [4.69, 9.17) is 4.74 Å². The minimum absolute atomic E-state index is 0.0236. The third-order valence-corrected chi connectivity index (χ3v) is 11.4. The number of ether oxygens (including phenoxy) is 1. The van der Waals surface area contributed by atoms with Gasteiger partial charge in [-0.2, -0.15) is 4.31 Å². The van der Waals surface area contributed by atoms with Crippen LogP contribution in [0.4, 0.5) is 9.80 Å². The molecule has 222 valence electrons. The summed E-state index contributed by atoms with van der Waals surface area (Å²) in [5.74, 6) is -0.775. The van der Waals surface area contributed by atoms with Crippen molar-refractivity contribution in [1.82, 2.24) is 14.5 Å². The lowest BCUT2D eigenvalue weighted by atomic mass is 9.65. The van der Waals surface area contributed by atoms with Gasteiger partial charge in [-0.1, -0.05) is 20.8 Å². The predicted molar refractivity (Wildman–Crippen MR) is 157 cm³/mol. The maximum absolute atomic E-state index is 13.6. The van der Waals surface area contributed by atoms with Gasteiger partial charge in [0, 0.05) is 36.6 Å². The summed E-state index contributed by atoms with van der Waals surface area (Å²) in [5, 5.41) is 5.88. The molecule has 2 fully saturated rings. The Bertz CT molecular complexity index is 1480. The number of sulfonamides is 1. The van der Waals surface area contributed by atoms with Gasteiger partial charge in [0.1, 0.15) is 5.00 Å². The van der Waals surface area contributed by atoms with Crippen molar-refractivity contribution in [3.05, 3.63) is 45.8 Å². The van der Waals surface area contributed by atoms with E-state index in [9.17, 15) is 22.8 Å². The summed E-state index contributed by atoms with van der Waals surface area (Å²) in [6.07, 6.45) is 2.74. The summed E-state index contributed by atoms with van der Waals surface area (Å²) in [4.78, 5) is 40.8. The van der Waals surface area contributed by atoms with Crippen LogP contribution in [-0.2, 0) is 27.7 Å². The van der Waals surface area contributed by atoms with Gasteiger partial charge in [-0.15, -0.1) is 11.3 Å². The number of anilines is 1. The molecule has 3 amide bonds. The fourth-order valence-corrected chi connectivity index (χ4v) is 10.0. The van der Waals surface area contributed by atoms with E-state index in [-0.39, 0.29) is 39.8 Å². The van der Waals surface area contributed by atoms with Crippen molar-refractivity contribution in [1.29, 1.82) is 0 Å². The number of amides is 3. The summed E-state index contributed by atoms with van der Waals surface area (Å²) in [6.45, 7) is 9.80. The first-order chi connectivity index (χ1) is 19.3. The lowest BCUT2D eigenvalue weighted by molar-refractivity contribution is 0.0961. The third-order valence-electron chi connectivity index (χ3n) is 8.35. The quantitative estimate of drug-likeness (QED) is 0.503. The third kappa shape index (κ3) is 5.61. The highest BCUT2D eigenvalue weighted by molar-refractivity contribution is 7.89. The molecular weight excluding hydrogens is 564 g/mol. The maximum atomic E-state index is 13.6. The number of carbonyl (C=O) groups excluding carboxylic acids is 3. The zero-order valence-corrected chi connectivity index (χ0v) is 25.8. The molecule has 2 atom stereocenters. The normalized spacial score (nSPS) is 23.5. The average molecular weight is 603 g/mol. The molecule has 41 heavy (non-hydrogen) atoms. The van der Waals surface area contributed by atoms with Crippen molar-refractivity contribution in [2.24, 2.45) is 10.8 Å². The van der Waals surface area contributed by atoms with E-state index in [0.717, 1.165) is 29.7 Å². The Hall–Kier alpha value is -2.96. The lowest BCUT2D eigenvalue weighted by Crippen LogP contribution is -2.37. The Balaban J connectivity index is 1.35. The van der Waals surface area contributed by atoms with E-state index in [1.807, 2.05) is 0 Å². The number of rotatable bonds is 6. The average Bonchev–Trinajstić information content (AvgIpc) is 3.40. The van der Waals surface area contributed by atoms with E-state index >= 15 is 0 Å². The Morgan fingerprint density at radius 1 is 1.10 bits per heavy atom. The van der Waals surface area contributed by atoms with Crippen LogP contribution in [-0.4, -0.2) is 68.3 Å². The van der Waals surface area contributed by atoms with Crippen LogP contribution in [0.2, 0.25) is 0 Å². The lowest BCUT2D eigenvalue weighted by Gasteiger charge is -2.39. The smallest absolute Gasteiger partial charge is 0.410 e. The number of fused-ring (bicyclic) bond motifs is 3. The monoisotopic (exact) mass is 602 g/mol. The zero-order valence-electron chi connectivity index (χ0n) is 24.2. The molecule has 5 rings (SSSR count). The molecule has 2 bridgehead atoms. The summed E-state index contributed by atoms with van der Waals surface area (Å²) in [7, 11) is -2.19. The second-order valence-electron chi connectivity index (χ2n) is 12.4. The van der Waals surface area contributed by atoms with Crippen LogP contribution in [0.3, 0.4) is 0 Å². The molecule has 3 heterocycles. The predicted octanol–water partition coefficient (Wildman–Crippen LogP) is 4.46. The van der Waals surface area contributed by atoms with Crippen molar-refractivity contribution in [2.45, 2.75) is 70.9 Å². The molecular formula is C29H38N4O6S2. The van der Waals surface area contributed by atoms with Crippen LogP contribution in [0.5, 0.6) is 0 Å². The van der Waals surface area contributed by atoms with Crippen LogP contribution in [0.1, 0.15) is 78.1 Å². The summed E-state index contributed by atoms with van der Waals surface area (Å²) < 4.78 is 34.0. The van der Waals surface area contributed by atoms with Gasteiger partial charge in [0.25, 0.3) is 11.8 Å². The molecule has 0 radical (unpaired) electrons. The Labute approximate surface area is 245 Å². The van der Waals surface area contributed by atoms with Crippen LogP contribution in [0, 0.1) is 10.8 Å². The Morgan fingerprint density at radius 3 is 2.46 bits per heavy atom. The molecule has 2 aromatic rings. The van der Waals surface area contributed by atoms with Crippen LogP contribution >= 0.6 is 11.3 Å². The molecule has 1 aromatic carbocycles. The standard InChI is InChI=1S/C29H38N4O6S2/c1-6-39-27(36)32-12-11-21-22(15-32)40-26(23(21)25(35)30-5)31-24(34)18-7-9-20(10-8-18)41(37,38)33-17-29(4)14-19(33)13-28(2,3)16-29/h7-10,19H,6,11-17H2,1-5H3,(H,30,35)(H,31,34). The Kier molecular flexibility index (Phi) is 7.71. The van der Waals surface area contributed by atoms with Gasteiger partial charge < -0.3 is 20.3 Å². The number of carbonyl (C=O) groups is 3. The molecule has 0 spiro atoms. The Morgan fingerprint density at radius 2 is 1.80 bits per heavy atom. The highest BCUT2D eigenvalue weighted by Crippen LogP contribution is 2.53. The molecule has 12 heteroatoms. The largest absolute Gasteiger partial charge is 0.450 e. The van der Waals surface area contributed by atoms with Gasteiger partial charge in [0.05, 0.1) is 23.6 Å². The molecule has 10 nitrogen and oxygen atoms in total. The first kappa shape index (κ1) is 29.5. The first-order valence-electron chi connectivity index (χ1n) is 14.0. The van der Waals surface area contributed by atoms with Crippen molar-refractivity contribution in [2.75, 3.05) is 32.1 Å². The van der Waals surface area contributed by atoms with E-state index in [1.54, 1.807) is 16.1 Å². The van der Waals surface area contributed by atoms with Gasteiger partial charge >= 0.3 is 6.09 Å². The molecule has 1 saturated carbocycles. The number of nitrogens with one attached hydrogen (secondary N) is 2. The second-order valence-corrected chi connectivity index (χ2v) is 15.4. The van der Waals surface area contributed by atoms with Crippen LogP contribution in [0.25, 0.3) is 0 Å². The molecule has 1 aliphatic carbocycles. The van der Waals surface area contributed by atoms with E-state index in [0.29, 0.717) is 36.6 Å². The zero-order chi connectivity index (χ0) is 29.7. The molecule has 1 saturated heterocycles. The highest BCUT2D eigenvalue weighted by Gasteiger charge is 2.53.